The van der Waals surface area contributed by atoms with Gasteiger partial charge in [0.2, 0.25) is 0 Å². The van der Waals surface area contributed by atoms with E-state index in [0.29, 0.717) is 14.6 Å². The smallest absolute Gasteiger partial charge is 0.299 e. The van der Waals surface area contributed by atoms with E-state index in [0.717, 1.165) is 0 Å². The van der Waals surface area contributed by atoms with Gasteiger partial charge in [-0.25, -0.2) is 0 Å². The highest BCUT2D eigenvalue weighted by Gasteiger charge is 2.23. The van der Waals surface area contributed by atoms with Crippen LogP contribution >= 0.6 is 60.0 Å². The number of thiocarbonyl (C=S) groups is 1. The maximum atomic E-state index is 10.8. The molecule has 0 saturated heterocycles. The average Bonchev–Trinajstić information content (AvgIpc) is 2.10. The molecule has 16 heavy (non-hydrogen) atoms. The number of hydrogen-bond donors (Lipinski definition) is 2. The van der Waals surface area contributed by atoms with Crippen molar-refractivity contribution in [2.24, 2.45) is 5.73 Å². The fraction of sp³-hybridized carbons (Fsp3) is 0. The van der Waals surface area contributed by atoms with Gasteiger partial charge in [-0.2, -0.15) is 0 Å². The standard InChI is InChI=1S/C7H4Br3N3O2S/c8-2-1-3(9)6(13(14)15)4(10)5(2)12-7(11)16/h1H,(H3,11,12,16). The van der Waals surface area contributed by atoms with Crippen molar-refractivity contribution in [3.8, 4) is 0 Å². The second-order valence-corrected chi connectivity index (χ2v) is 5.57. The Bertz CT molecular complexity index is 480. The lowest BCUT2D eigenvalue weighted by molar-refractivity contribution is -0.386. The van der Waals surface area contributed by atoms with Crippen LogP contribution in [0.4, 0.5) is 11.4 Å². The Kier molecular flexibility index (Phi) is 4.65. The zero-order valence-electron chi connectivity index (χ0n) is 7.46. The van der Waals surface area contributed by atoms with Crippen molar-refractivity contribution >= 4 is 76.5 Å². The van der Waals surface area contributed by atoms with Gasteiger partial charge in [-0.15, -0.1) is 0 Å². The SMILES string of the molecule is NC(=S)Nc1c(Br)cc(Br)c([N+](=O)[O-])c1Br. The number of nitrogens with zero attached hydrogens (tertiary/aromatic N) is 1. The lowest BCUT2D eigenvalue weighted by Crippen LogP contribution is -2.19. The molecule has 0 radical (unpaired) electrons. The van der Waals surface area contributed by atoms with Crippen molar-refractivity contribution in [3.63, 3.8) is 0 Å². The molecule has 0 spiro atoms. The first-order valence-corrected chi connectivity index (χ1v) is 6.51. The zero-order chi connectivity index (χ0) is 12.5. The van der Waals surface area contributed by atoms with Gasteiger partial charge in [0.25, 0.3) is 5.69 Å². The Morgan fingerprint density at radius 1 is 1.44 bits per heavy atom. The van der Waals surface area contributed by atoms with Crippen LogP contribution < -0.4 is 11.1 Å². The number of anilines is 1. The second-order valence-electron chi connectivity index (χ2n) is 2.62. The molecule has 3 N–H and O–H groups in total. The predicted octanol–water partition coefficient (Wildman–Crippen LogP) is 3.54. The summed E-state index contributed by atoms with van der Waals surface area (Å²) in [7, 11) is 0. The van der Waals surface area contributed by atoms with Crippen LogP contribution in [0.15, 0.2) is 19.5 Å². The van der Waals surface area contributed by atoms with Crippen molar-refractivity contribution in [2.75, 3.05) is 5.32 Å². The van der Waals surface area contributed by atoms with E-state index in [1.165, 1.54) is 0 Å². The van der Waals surface area contributed by atoms with Crippen molar-refractivity contribution in [2.45, 2.75) is 0 Å². The Morgan fingerprint density at radius 3 is 2.44 bits per heavy atom. The van der Waals surface area contributed by atoms with Gasteiger partial charge < -0.3 is 11.1 Å². The fourth-order valence-electron chi connectivity index (χ4n) is 0.985. The molecule has 0 aromatic heterocycles. The van der Waals surface area contributed by atoms with Gasteiger partial charge in [-0.1, -0.05) is 0 Å². The van der Waals surface area contributed by atoms with E-state index in [4.69, 9.17) is 5.73 Å². The number of nitrogens with two attached hydrogens (primary N) is 1. The van der Waals surface area contributed by atoms with Crippen LogP contribution in [0, 0.1) is 10.1 Å². The highest BCUT2D eigenvalue weighted by atomic mass is 79.9. The van der Waals surface area contributed by atoms with Crippen molar-refractivity contribution in [1.29, 1.82) is 0 Å². The minimum atomic E-state index is -0.509. The molecule has 5 nitrogen and oxygen atoms in total. The molecule has 9 heteroatoms. The maximum absolute atomic E-state index is 10.8. The molecule has 0 aliphatic carbocycles. The third-order valence-corrected chi connectivity index (χ3v) is 3.68. The van der Waals surface area contributed by atoms with Crippen LogP contribution in [0.25, 0.3) is 0 Å². The summed E-state index contributed by atoms with van der Waals surface area (Å²) in [5, 5.41) is 13.5. The van der Waals surface area contributed by atoms with E-state index in [2.05, 4.69) is 65.3 Å². The molecular weight excluding hydrogens is 430 g/mol. The van der Waals surface area contributed by atoms with Crippen LogP contribution in [0.3, 0.4) is 0 Å². The molecule has 0 fully saturated rings. The van der Waals surface area contributed by atoms with Crippen LogP contribution in [-0.4, -0.2) is 10.0 Å². The lowest BCUT2D eigenvalue weighted by atomic mass is 10.3. The summed E-state index contributed by atoms with van der Waals surface area (Å²) in [4.78, 5) is 10.3. The Labute approximate surface area is 121 Å². The Hall–Kier alpha value is -0.250. The molecule has 0 heterocycles. The number of hydrogen-bond acceptors (Lipinski definition) is 3. The van der Waals surface area contributed by atoms with E-state index in [1.54, 1.807) is 6.07 Å². The van der Waals surface area contributed by atoms with E-state index < -0.39 is 4.92 Å². The maximum Gasteiger partial charge on any atom is 0.299 e. The quantitative estimate of drug-likeness (QED) is 0.423. The lowest BCUT2D eigenvalue weighted by Gasteiger charge is -2.10. The molecule has 0 amide bonds. The third kappa shape index (κ3) is 2.90. The molecule has 1 aromatic rings. The number of benzene rings is 1. The summed E-state index contributed by atoms with van der Waals surface area (Å²) in [6, 6.07) is 1.55. The molecule has 0 aliphatic rings. The van der Waals surface area contributed by atoms with Crippen LogP contribution in [-0.2, 0) is 0 Å². The molecule has 0 atom stereocenters. The van der Waals surface area contributed by atoms with Crippen LogP contribution in [0.5, 0.6) is 0 Å². The molecule has 86 valence electrons. The van der Waals surface area contributed by atoms with E-state index >= 15 is 0 Å². The Morgan fingerprint density at radius 2 is 2.00 bits per heavy atom. The largest absolute Gasteiger partial charge is 0.376 e. The van der Waals surface area contributed by atoms with Gasteiger partial charge in [-0.3, -0.25) is 10.1 Å². The first-order chi connectivity index (χ1) is 7.34. The van der Waals surface area contributed by atoms with Gasteiger partial charge in [0.05, 0.1) is 15.1 Å². The number of nitrogens with one attached hydrogen (secondary N) is 1. The molecule has 1 aromatic carbocycles. The third-order valence-electron chi connectivity index (χ3n) is 1.58. The normalized spacial score (nSPS) is 9.94. The van der Waals surface area contributed by atoms with Crippen molar-refractivity contribution in [1.82, 2.24) is 0 Å². The first kappa shape index (κ1) is 13.8. The van der Waals surface area contributed by atoms with Gasteiger partial charge in [0.1, 0.15) is 4.47 Å². The van der Waals surface area contributed by atoms with Gasteiger partial charge >= 0.3 is 0 Å². The highest BCUT2D eigenvalue weighted by molar-refractivity contribution is 9.11. The number of rotatable bonds is 2. The molecule has 0 saturated carbocycles. The van der Waals surface area contributed by atoms with E-state index in [9.17, 15) is 10.1 Å². The molecule has 0 bridgehead atoms. The van der Waals surface area contributed by atoms with Crippen LogP contribution in [0.1, 0.15) is 0 Å². The summed E-state index contributed by atoms with van der Waals surface area (Å²) in [5.74, 6) is 0. The van der Waals surface area contributed by atoms with Crippen molar-refractivity contribution < 1.29 is 4.92 Å². The average molecular weight is 434 g/mol. The first-order valence-electron chi connectivity index (χ1n) is 3.73. The van der Waals surface area contributed by atoms with Crippen molar-refractivity contribution in [3.05, 3.63) is 29.6 Å². The van der Waals surface area contributed by atoms with E-state index in [1.807, 2.05) is 0 Å². The fourth-order valence-corrected chi connectivity index (χ4v) is 3.70. The summed E-state index contributed by atoms with van der Waals surface area (Å²) >= 11 is 14.2. The number of nitro benzene ring substituents is 1. The van der Waals surface area contributed by atoms with Crippen LogP contribution in [0.2, 0.25) is 0 Å². The number of nitro groups is 1. The highest BCUT2D eigenvalue weighted by Crippen LogP contribution is 2.42. The zero-order valence-corrected chi connectivity index (χ0v) is 13.0. The minimum absolute atomic E-state index is 0.0259. The summed E-state index contributed by atoms with van der Waals surface area (Å²) in [5.41, 5.74) is 5.65. The van der Waals surface area contributed by atoms with E-state index in [-0.39, 0.29) is 15.3 Å². The minimum Gasteiger partial charge on any atom is -0.376 e. The predicted molar refractivity (Wildman–Crippen MR) is 76.6 cm³/mol. The summed E-state index contributed by atoms with van der Waals surface area (Å²) in [6.45, 7) is 0. The molecule has 1 rings (SSSR count). The topological polar surface area (TPSA) is 81.2 Å². The molecule has 0 unspecified atom stereocenters. The second kappa shape index (κ2) is 5.39. The Balaban J connectivity index is 3.44. The van der Waals surface area contributed by atoms with Gasteiger partial charge in [0.15, 0.2) is 5.11 Å². The summed E-state index contributed by atoms with van der Waals surface area (Å²) in [6.07, 6.45) is 0. The molecular formula is C7H4Br3N3O2S. The molecule has 0 aliphatic heterocycles. The monoisotopic (exact) mass is 431 g/mol. The summed E-state index contributed by atoms with van der Waals surface area (Å²) < 4.78 is 1.22. The number of halogens is 3. The van der Waals surface area contributed by atoms with Gasteiger partial charge in [0, 0.05) is 4.47 Å². The van der Waals surface area contributed by atoms with Gasteiger partial charge in [-0.05, 0) is 66.1 Å².